The Balaban J connectivity index is 2.00. The first-order chi connectivity index (χ1) is 9.49. The van der Waals surface area contributed by atoms with Gasteiger partial charge in [-0.2, -0.15) is 0 Å². The molecule has 2 rings (SSSR count). The smallest absolute Gasteiger partial charge is 0.212 e. The van der Waals surface area contributed by atoms with Crippen LogP contribution in [0.4, 0.5) is 0 Å². The number of sulfonamides is 1. The lowest BCUT2D eigenvalue weighted by Crippen LogP contribution is -2.30. The van der Waals surface area contributed by atoms with Gasteiger partial charge in [-0.25, -0.2) is 12.7 Å². The number of thiophene rings is 1. The van der Waals surface area contributed by atoms with Crippen LogP contribution in [0.15, 0.2) is 41.8 Å². The van der Waals surface area contributed by atoms with E-state index in [-0.39, 0.29) is 5.75 Å². The minimum absolute atomic E-state index is 0.0701. The summed E-state index contributed by atoms with van der Waals surface area (Å²) in [7, 11) is -1.60. The summed E-state index contributed by atoms with van der Waals surface area (Å²) >= 11 is 1.66. The van der Waals surface area contributed by atoms with E-state index in [4.69, 9.17) is 0 Å². The quantitative estimate of drug-likeness (QED) is 0.822. The highest BCUT2D eigenvalue weighted by atomic mass is 32.2. The third-order valence-corrected chi connectivity index (χ3v) is 6.07. The van der Waals surface area contributed by atoms with Gasteiger partial charge in [0.2, 0.25) is 10.0 Å². The molecule has 0 aliphatic rings. The fraction of sp³-hybridized carbons (Fsp3) is 0.333. The van der Waals surface area contributed by atoms with Crippen molar-refractivity contribution in [2.75, 3.05) is 13.6 Å². The maximum Gasteiger partial charge on any atom is 0.218 e. The Kier molecular flexibility index (Phi) is 4.96. The highest BCUT2D eigenvalue weighted by molar-refractivity contribution is 7.88. The number of benzene rings is 1. The molecule has 1 aromatic carbocycles. The highest BCUT2D eigenvalue weighted by Gasteiger charge is 2.19. The van der Waals surface area contributed by atoms with Gasteiger partial charge in [0.1, 0.15) is 0 Å². The molecule has 20 heavy (non-hydrogen) atoms. The molecule has 0 atom stereocenters. The summed E-state index contributed by atoms with van der Waals surface area (Å²) < 4.78 is 26.1. The average molecular weight is 309 g/mol. The van der Waals surface area contributed by atoms with E-state index in [0.29, 0.717) is 6.54 Å². The van der Waals surface area contributed by atoms with E-state index in [0.717, 1.165) is 17.5 Å². The molecular weight excluding hydrogens is 290 g/mol. The first kappa shape index (κ1) is 15.2. The Bertz CT molecular complexity index is 648. The van der Waals surface area contributed by atoms with E-state index in [1.165, 1.54) is 9.18 Å². The van der Waals surface area contributed by atoms with E-state index >= 15 is 0 Å². The second-order valence-electron chi connectivity index (χ2n) is 4.83. The van der Waals surface area contributed by atoms with Crippen molar-refractivity contribution in [2.45, 2.75) is 19.1 Å². The molecule has 5 heteroatoms. The van der Waals surface area contributed by atoms with Gasteiger partial charge in [-0.3, -0.25) is 0 Å². The molecule has 0 unspecified atom stereocenters. The van der Waals surface area contributed by atoms with Crippen molar-refractivity contribution >= 4 is 21.4 Å². The first-order valence-electron chi connectivity index (χ1n) is 6.50. The molecule has 0 fully saturated rings. The standard InChI is InChI=1S/C15H19NO2S2/c1-13-6-3-4-7-14(13)12-20(17,18)16(2)10-9-15-8-5-11-19-15/h3-8,11H,9-10,12H2,1-2H3. The summed E-state index contributed by atoms with van der Waals surface area (Å²) in [6, 6.07) is 11.6. The van der Waals surface area contributed by atoms with Crippen molar-refractivity contribution < 1.29 is 8.42 Å². The second kappa shape index (κ2) is 6.52. The lowest BCUT2D eigenvalue weighted by Gasteiger charge is -2.17. The fourth-order valence-electron chi connectivity index (χ4n) is 1.94. The molecule has 0 spiro atoms. The SMILES string of the molecule is Cc1ccccc1CS(=O)(=O)N(C)CCc1cccs1. The lowest BCUT2D eigenvalue weighted by molar-refractivity contribution is 0.472. The summed E-state index contributed by atoms with van der Waals surface area (Å²) in [5, 5.41) is 2.01. The van der Waals surface area contributed by atoms with Gasteiger partial charge in [0, 0.05) is 18.5 Å². The molecule has 0 aliphatic carbocycles. The largest absolute Gasteiger partial charge is 0.218 e. The highest BCUT2D eigenvalue weighted by Crippen LogP contribution is 2.15. The maximum atomic E-state index is 12.3. The minimum atomic E-state index is -3.25. The van der Waals surface area contributed by atoms with Crippen molar-refractivity contribution in [3.8, 4) is 0 Å². The van der Waals surface area contributed by atoms with Gasteiger partial charge in [-0.1, -0.05) is 30.3 Å². The summed E-state index contributed by atoms with van der Waals surface area (Å²) in [6.45, 7) is 2.46. The molecule has 2 aromatic rings. The van der Waals surface area contributed by atoms with Crippen LogP contribution < -0.4 is 0 Å². The van der Waals surface area contributed by atoms with Gasteiger partial charge in [0.05, 0.1) is 5.75 Å². The van der Waals surface area contributed by atoms with Crippen LogP contribution in [0.3, 0.4) is 0 Å². The summed E-state index contributed by atoms with van der Waals surface area (Å²) in [5.41, 5.74) is 1.89. The molecule has 1 aromatic heterocycles. The number of likely N-dealkylation sites (N-methyl/N-ethyl adjacent to an activating group) is 1. The van der Waals surface area contributed by atoms with E-state index < -0.39 is 10.0 Å². The predicted octanol–water partition coefficient (Wildman–Crippen LogP) is 3.06. The number of hydrogen-bond acceptors (Lipinski definition) is 3. The van der Waals surface area contributed by atoms with Crippen LogP contribution in [0.5, 0.6) is 0 Å². The zero-order valence-corrected chi connectivity index (χ0v) is 13.4. The van der Waals surface area contributed by atoms with Gasteiger partial charge in [0.15, 0.2) is 0 Å². The van der Waals surface area contributed by atoms with Crippen LogP contribution in [-0.2, 0) is 22.2 Å². The van der Waals surface area contributed by atoms with Crippen molar-refractivity contribution in [3.63, 3.8) is 0 Å². The molecule has 0 amide bonds. The Hall–Kier alpha value is -1.17. The predicted molar refractivity (Wildman–Crippen MR) is 84.5 cm³/mol. The number of aryl methyl sites for hydroxylation is 1. The Morgan fingerprint density at radius 3 is 2.55 bits per heavy atom. The zero-order valence-electron chi connectivity index (χ0n) is 11.7. The van der Waals surface area contributed by atoms with E-state index in [2.05, 4.69) is 0 Å². The number of rotatable bonds is 6. The third-order valence-electron chi connectivity index (χ3n) is 3.33. The molecule has 0 saturated carbocycles. The molecule has 0 N–H and O–H groups in total. The van der Waals surface area contributed by atoms with Gasteiger partial charge < -0.3 is 0 Å². The Morgan fingerprint density at radius 1 is 1.15 bits per heavy atom. The van der Waals surface area contributed by atoms with Crippen molar-refractivity contribution in [3.05, 3.63) is 57.8 Å². The van der Waals surface area contributed by atoms with Crippen molar-refractivity contribution in [1.29, 1.82) is 0 Å². The topological polar surface area (TPSA) is 37.4 Å². The fourth-order valence-corrected chi connectivity index (χ4v) is 3.95. The van der Waals surface area contributed by atoms with Crippen LogP contribution >= 0.6 is 11.3 Å². The normalized spacial score (nSPS) is 11.9. The van der Waals surface area contributed by atoms with Gasteiger partial charge in [0.25, 0.3) is 0 Å². The molecule has 0 radical (unpaired) electrons. The molecule has 3 nitrogen and oxygen atoms in total. The monoisotopic (exact) mass is 309 g/mol. The maximum absolute atomic E-state index is 12.3. The van der Waals surface area contributed by atoms with Crippen LogP contribution in [0.2, 0.25) is 0 Å². The summed E-state index contributed by atoms with van der Waals surface area (Å²) in [5.74, 6) is 0.0701. The Morgan fingerprint density at radius 2 is 1.90 bits per heavy atom. The van der Waals surface area contributed by atoms with E-state index in [1.807, 2.05) is 48.7 Å². The number of hydrogen-bond donors (Lipinski definition) is 0. The summed E-state index contributed by atoms with van der Waals surface area (Å²) in [4.78, 5) is 1.21. The van der Waals surface area contributed by atoms with Crippen LogP contribution in [0.1, 0.15) is 16.0 Å². The Labute approximate surface area is 124 Å². The average Bonchev–Trinajstić information content (AvgIpc) is 2.91. The molecular formula is C15H19NO2S2. The lowest BCUT2D eigenvalue weighted by atomic mass is 10.1. The zero-order chi connectivity index (χ0) is 14.6. The van der Waals surface area contributed by atoms with Crippen molar-refractivity contribution in [2.24, 2.45) is 0 Å². The molecule has 0 saturated heterocycles. The first-order valence-corrected chi connectivity index (χ1v) is 8.99. The number of nitrogens with zero attached hydrogens (tertiary/aromatic N) is 1. The van der Waals surface area contributed by atoms with Gasteiger partial charge >= 0.3 is 0 Å². The van der Waals surface area contributed by atoms with E-state index in [9.17, 15) is 8.42 Å². The summed E-state index contributed by atoms with van der Waals surface area (Å²) in [6.07, 6.45) is 0.765. The van der Waals surface area contributed by atoms with Gasteiger partial charge in [-0.05, 0) is 35.9 Å². The molecule has 1 heterocycles. The van der Waals surface area contributed by atoms with Crippen LogP contribution in [0.25, 0.3) is 0 Å². The van der Waals surface area contributed by atoms with E-state index in [1.54, 1.807) is 18.4 Å². The molecule has 0 aliphatic heterocycles. The molecule has 0 bridgehead atoms. The minimum Gasteiger partial charge on any atom is -0.212 e. The van der Waals surface area contributed by atoms with Gasteiger partial charge in [-0.15, -0.1) is 11.3 Å². The van der Waals surface area contributed by atoms with Crippen molar-refractivity contribution in [1.82, 2.24) is 4.31 Å². The van der Waals surface area contributed by atoms with Crippen LogP contribution in [-0.4, -0.2) is 26.3 Å². The third kappa shape index (κ3) is 3.91. The second-order valence-corrected chi connectivity index (χ2v) is 7.94. The molecule has 108 valence electrons. The van der Waals surface area contributed by atoms with Crippen LogP contribution in [0, 0.1) is 6.92 Å².